The topological polar surface area (TPSA) is 45.9 Å². The van der Waals surface area contributed by atoms with E-state index in [2.05, 4.69) is 4.98 Å². The van der Waals surface area contributed by atoms with Crippen LogP contribution < -0.4 is 4.74 Å². The van der Waals surface area contributed by atoms with Crippen LogP contribution in [-0.4, -0.2) is 12.1 Å². The zero-order valence-electron chi connectivity index (χ0n) is 7.80. The summed E-state index contributed by atoms with van der Waals surface area (Å²) in [7, 11) is 1.38. The maximum absolute atomic E-state index is 12.5. The molecule has 0 spiro atoms. The number of hydrogen-bond acceptors (Lipinski definition) is 3. The van der Waals surface area contributed by atoms with Crippen molar-refractivity contribution >= 4 is 22.6 Å². The van der Waals surface area contributed by atoms with E-state index in [1.165, 1.54) is 13.3 Å². The summed E-state index contributed by atoms with van der Waals surface area (Å²) in [5, 5.41) is 8.53. The molecule has 0 radical (unpaired) electrons. The number of ether oxygens (including phenoxy) is 1. The van der Waals surface area contributed by atoms with E-state index in [1.807, 2.05) is 6.07 Å². The van der Waals surface area contributed by atoms with Gasteiger partial charge in [-0.05, 0) is 22.6 Å². The molecule has 0 saturated carbocycles. The van der Waals surface area contributed by atoms with Crippen molar-refractivity contribution in [2.24, 2.45) is 0 Å². The van der Waals surface area contributed by atoms with Gasteiger partial charge in [0.15, 0.2) is 0 Å². The van der Waals surface area contributed by atoms with Crippen LogP contribution >= 0.6 is 22.6 Å². The number of nitriles is 1. The standard InChI is InChI=1S/C9H7F2IN2O/c1-15-8-5(2-3-13)4-14-7(6(8)12)9(10)11/h4,9H,2H2,1H3. The molecule has 1 aromatic heterocycles. The van der Waals surface area contributed by atoms with Crippen molar-refractivity contribution in [3.05, 3.63) is 21.0 Å². The number of nitrogens with zero attached hydrogens (tertiary/aromatic N) is 2. The Kier molecular flexibility index (Phi) is 4.20. The number of hydrogen-bond donors (Lipinski definition) is 0. The number of methoxy groups -OCH3 is 1. The lowest BCUT2D eigenvalue weighted by Gasteiger charge is -2.10. The van der Waals surface area contributed by atoms with Crippen molar-refractivity contribution < 1.29 is 13.5 Å². The fourth-order valence-electron chi connectivity index (χ4n) is 1.10. The highest BCUT2D eigenvalue weighted by molar-refractivity contribution is 14.1. The highest BCUT2D eigenvalue weighted by Gasteiger charge is 2.19. The molecule has 0 aliphatic carbocycles. The van der Waals surface area contributed by atoms with Crippen LogP contribution in [0.2, 0.25) is 0 Å². The van der Waals surface area contributed by atoms with E-state index in [4.69, 9.17) is 10.00 Å². The average molecular weight is 324 g/mol. The first-order valence-electron chi connectivity index (χ1n) is 3.98. The van der Waals surface area contributed by atoms with Crippen molar-refractivity contribution in [2.45, 2.75) is 12.8 Å². The summed E-state index contributed by atoms with van der Waals surface area (Å²) in [5.74, 6) is 0.308. The third-order valence-corrected chi connectivity index (χ3v) is 2.80. The summed E-state index contributed by atoms with van der Waals surface area (Å²) >= 11 is 1.74. The zero-order chi connectivity index (χ0) is 11.4. The van der Waals surface area contributed by atoms with Crippen molar-refractivity contribution in [1.29, 1.82) is 5.26 Å². The summed E-state index contributed by atoms with van der Waals surface area (Å²) in [6.07, 6.45) is -1.29. The molecule has 0 aromatic carbocycles. The maximum atomic E-state index is 12.5. The van der Waals surface area contributed by atoms with Gasteiger partial charge >= 0.3 is 0 Å². The second-order valence-corrected chi connectivity index (χ2v) is 3.73. The van der Waals surface area contributed by atoms with Crippen molar-refractivity contribution in [2.75, 3.05) is 7.11 Å². The Labute approximate surface area is 99.2 Å². The number of halogens is 3. The molecule has 0 unspecified atom stereocenters. The first kappa shape index (κ1) is 12.1. The SMILES string of the molecule is COc1c(CC#N)cnc(C(F)F)c1I. The van der Waals surface area contributed by atoms with Gasteiger partial charge in [0.2, 0.25) is 0 Å². The molecule has 0 aliphatic heterocycles. The minimum atomic E-state index is -2.64. The summed E-state index contributed by atoms with van der Waals surface area (Å²) in [4.78, 5) is 3.62. The second kappa shape index (κ2) is 5.21. The number of alkyl halides is 2. The number of rotatable bonds is 3. The summed E-state index contributed by atoms with van der Waals surface area (Å²) in [6.45, 7) is 0. The van der Waals surface area contributed by atoms with E-state index in [9.17, 15) is 8.78 Å². The Morgan fingerprint density at radius 3 is 2.80 bits per heavy atom. The molecule has 6 heteroatoms. The Balaban J connectivity index is 3.27. The molecule has 0 atom stereocenters. The molecule has 0 bridgehead atoms. The quantitative estimate of drug-likeness (QED) is 0.803. The van der Waals surface area contributed by atoms with Crippen LogP contribution in [0.3, 0.4) is 0 Å². The van der Waals surface area contributed by atoms with E-state index in [-0.39, 0.29) is 15.7 Å². The van der Waals surface area contributed by atoms with Crippen LogP contribution in [0.15, 0.2) is 6.20 Å². The third-order valence-electron chi connectivity index (χ3n) is 1.76. The molecule has 3 nitrogen and oxygen atoms in total. The fourth-order valence-corrected chi connectivity index (χ4v) is 2.05. The molecule has 0 fully saturated rings. The Morgan fingerprint density at radius 2 is 2.33 bits per heavy atom. The first-order chi connectivity index (χ1) is 7.11. The fraction of sp³-hybridized carbons (Fsp3) is 0.333. The van der Waals surface area contributed by atoms with Gasteiger partial charge in [-0.3, -0.25) is 4.98 Å². The lowest BCUT2D eigenvalue weighted by Crippen LogP contribution is -2.02. The van der Waals surface area contributed by atoms with Gasteiger partial charge in [-0.25, -0.2) is 8.78 Å². The Morgan fingerprint density at radius 1 is 1.67 bits per heavy atom. The largest absolute Gasteiger partial charge is 0.495 e. The highest BCUT2D eigenvalue weighted by Crippen LogP contribution is 2.32. The number of aromatic nitrogens is 1. The van der Waals surface area contributed by atoms with E-state index in [0.717, 1.165) is 0 Å². The van der Waals surface area contributed by atoms with Gasteiger partial charge in [-0.1, -0.05) is 0 Å². The molecule has 1 rings (SSSR count). The zero-order valence-corrected chi connectivity index (χ0v) is 9.96. The summed E-state index contributed by atoms with van der Waals surface area (Å²) < 4.78 is 30.2. The van der Waals surface area contributed by atoms with Gasteiger partial charge in [0.05, 0.1) is 23.2 Å². The van der Waals surface area contributed by atoms with Gasteiger partial charge in [0, 0.05) is 11.8 Å². The van der Waals surface area contributed by atoms with Gasteiger partial charge in [-0.15, -0.1) is 0 Å². The molecular formula is C9H7F2IN2O. The molecule has 15 heavy (non-hydrogen) atoms. The lowest BCUT2D eigenvalue weighted by atomic mass is 10.2. The van der Waals surface area contributed by atoms with Crippen LogP contribution in [0.1, 0.15) is 17.7 Å². The Hall–Kier alpha value is -0.970. The second-order valence-electron chi connectivity index (χ2n) is 2.65. The molecule has 0 N–H and O–H groups in total. The smallest absolute Gasteiger partial charge is 0.281 e. The third kappa shape index (κ3) is 2.53. The van der Waals surface area contributed by atoms with Crippen molar-refractivity contribution in [3.63, 3.8) is 0 Å². The van der Waals surface area contributed by atoms with E-state index in [0.29, 0.717) is 11.3 Å². The van der Waals surface area contributed by atoms with Gasteiger partial charge in [0.1, 0.15) is 11.4 Å². The minimum absolute atomic E-state index is 0.0929. The predicted octanol–water partition coefficient (Wildman–Crippen LogP) is 2.70. The van der Waals surface area contributed by atoms with Gasteiger partial charge in [0.25, 0.3) is 6.43 Å². The van der Waals surface area contributed by atoms with Crippen LogP contribution in [0.25, 0.3) is 0 Å². The van der Waals surface area contributed by atoms with Gasteiger partial charge < -0.3 is 4.74 Å². The van der Waals surface area contributed by atoms with Crippen LogP contribution in [-0.2, 0) is 6.42 Å². The molecule has 0 saturated heterocycles. The van der Waals surface area contributed by atoms with Crippen molar-refractivity contribution in [1.82, 2.24) is 4.98 Å². The van der Waals surface area contributed by atoms with Gasteiger partial charge in [-0.2, -0.15) is 5.26 Å². The molecule has 0 aliphatic rings. The first-order valence-corrected chi connectivity index (χ1v) is 5.06. The summed E-state index contributed by atoms with van der Waals surface area (Å²) in [5.41, 5.74) is 0.211. The summed E-state index contributed by atoms with van der Waals surface area (Å²) in [6, 6.07) is 1.92. The van der Waals surface area contributed by atoms with Crippen LogP contribution in [0.5, 0.6) is 5.75 Å². The number of pyridine rings is 1. The molecular weight excluding hydrogens is 317 g/mol. The Bertz CT molecular complexity index is 404. The van der Waals surface area contributed by atoms with E-state index in [1.54, 1.807) is 22.6 Å². The molecule has 1 aromatic rings. The monoisotopic (exact) mass is 324 g/mol. The normalized spacial score (nSPS) is 10.1. The lowest BCUT2D eigenvalue weighted by molar-refractivity contribution is 0.144. The predicted molar refractivity (Wildman–Crippen MR) is 57.8 cm³/mol. The minimum Gasteiger partial charge on any atom is -0.495 e. The molecule has 80 valence electrons. The van der Waals surface area contributed by atoms with E-state index < -0.39 is 6.43 Å². The molecule has 1 heterocycles. The van der Waals surface area contributed by atoms with Crippen LogP contribution in [0, 0.1) is 14.9 Å². The molecule has 0 amide bonds. The highest BCUT2D eigenvalue weighted by atomic mass is 127. The van der Waals surface area contributed by atoms with Crippen LogP contribution in [0.4, 0.5) is 8.78 Å². The van der Waals surface area contributed by atoms with E-state index >= 15 is 0 Å². The average Bonchev–Trinajstić information content (AvgIpc) is 2.18. The van der Waals surface area contributed by atoms with Crippen molar-refractivity contribution in [3.8, 4) is 11.8 Å². The maximum Gasteiger partial charge on any atom is 0.281 e.